The van der Waals surface area contributed by atoms with Gasteiger partial charge < -0.3 is 5.84 Å². The van der Waals surface area contributed by atoms with Crippen LogP contribution in [0.2, 0.25) is 0 Å². The highest BCUT2D eigenvalue weighted by Gasteiger charge is 2.07. The predicted octanol–water partition coefficient (Wildman–Crippen LogP) is 0.722. The number of hydrogen-bond acceptors (Lipinski definition) is 3. The molecule has 1 aliphatic rings. The van der Waals surface area contributed by atoms with Crippen LogP contribution in [-0.2, 0) is 0 Å². The molecule has 0 aliphatic heterocycles. The molecule has 0 spiro atoms. The van der Waals surface area contributed by atoms with Gasteiger partial charge in [0, 0.05) is 7.05 Å². The fourth-order valence-electron chi connectivity index (χ4n) is 0.974. The molecule has 10 heavy (non-hydrogen) atoms. The van der Waals surface area contributed by atoms with E-state index in [1.807, 2.05) is 6.08 Å². The molecule has 1 aliphatic carbocycles. The smallest absolute Gasteiger partial charge is 0.0854 e. The summed E-state index contributed by atoms with van der Waals surface area (Å²) < 4.78 is 0. The van der Waals surface area contributed by atoms with Gasteiger partial charge in [0.2, 0.25) is 0 Å². The molecular formula is C7H11N3. The second kappa shape index (κ2) is 3.15. The van der Waals surface area contributed by atoms with Crippen LogP contribution in [0, 0.1) is 0 Å². The highest BCUT2D eigenvalue weighted by Crippen LogP contribution is 2.04. The van der Waals surface area contributed by atoms with Gasteiger partial charge in [-0.1, -0.05) is 6.08 Å². The van der Waals surface area contributed by atoms with Crippen LogP contribution < -0.4 is 5.84 Å². The number of hydrazone groups is 1. The van der Waals surface area contributed by atoms with E-state index in [9.17, 15) is 0 Å². The van der Waals surface area contributed by atoms with Gasteiger partial charge in [0.1, 0.15) is 0 Å². The predicted molar refractivity (Wildman–Crippen MR) is 43.4 cm³/mol. The van der Waals surface area contributed by atoms with Crippen molar-refractivity contribution in [1.29, 1.82) is 0 Å². The normalized spacial score (nSPS) is 26.1. The fourth-order valence-corrected chi connectivity index (χ4v) is 0.974. The van der Waals surface area contributed by atoms with E-state index < -0.39 is 0 Å². The number of hydrogen-bond donors (Lipinski definition) is 1. The minimum absolute atomic E-state index is 0.907. The summed E-state index contributed by atoms with van der Waals surface area (Å²) >= 11 is 0. The van der Waals surface area contributed by atoms with E-state index in [4.69, 9.17) is 5.84 Å². The van der Waals surface area contributed by atoms with Crippen molar-refractivity contribution in [2.24, 2.45) is 15.9 Å². The van der Waals surface area contributed by atoms with Gasteiger partial charge in [0.15, 0.2) is 0 Å². The molecule has 0 saturated carbocycles. The summed E-state index contributed by atoms with van der Waals surface area (Å²) in [7, 11) is 1.75. The van der Waals surface area contributed by atoms with E-state index in [1.54, 1.807) is 7.05 Å². The maximum absolute atomic E-state index is 5.14. The third-order valence-electron chi connectivity index (χ3n) is 1.52. The molecule has 0 atom stereocenters. The van der Waals surface area contributed by atoms with Crippen molar-refractivity contribution in [2.75, 3.05) is 7.05 Å². The Hall–Kier alpha value is -1.12. The maximum Gasteiger partial charge on any atom is 0.0854 e. The lowest BCUT2D eigenvalue weighted by Gasteiger charge is -2.07. The van der Waals surface area contributed by atoms with Crippen molar-refractivity contribution in [2.45, 2.75) is 12.8 Å². The molecule has 0 aromatic rings. The molecule has 3 nitrogen and oxygen atoms in total. The lowest BCUT2D eigenvalue weighted by atomic mass is 10.0. The third-order valence-corrected chi connectivity index (χ3v) is 1.52. The van der Waals surface area contributed by atoms with Gasteiger partial charge in [-0.25, -0.2) is 0 Å². The zero-order valence-electron chi connectivity index (χ0n) is 6.04. The summed E-state index contributed by atoms with van der Waals surface area (Å²) in [6.07, 6.45) is 5.97. The molecule has 1 rings (SSSR count). The average Bonchev–Trinajstić information content (AvgIpc) is 2.04. The molecular weight excluding hydrogens is 126 g/mol. The number of nitrogens with two attached hydrogens (primary N) is 1. The van der Waals surface area contributed by atoms with Crippen molar-refractivity contribution in [3.63, 3.8) is 0 Å². The molecule has 0 aromatic heterocycles. The number of nitrogens with zero attached hydrogens (tertiary/aromatic N) is 2. The van der Waals surface area contributed by atoms with Crippen LogP contribution in [-0.4, -0.2) is 18.5 Å². The second-order valence-corrected chi connectivity index (χ2v) is 2.13. The van der Waals surface area contributed by atoms with Gasteiger partial charge in [-0.05, 0) is 18.9 Å². The van der Waals surface area contributed by atoms with Crippen molar-refractivity contribution in [3.8, 4) is 0 Å². The monoisotopic (exact) mass is 137 g/mol. The van der Waals surface area contributed by atoms with Crippen LogP contribution in [0.5, 0.6) is 0 Å². The summed E-state index contributed by atoms with van der Waals surface area (Å²) in [6, 6.07) is 0. The molecule has 0 aromatic carbocycles. The first-order chi connectivity index (χ1) is 4.88. The van der Waals surface area contributed by atoms with Crippen LogP contribution >= 0.6 is 0 Å². The standard InChI is InChI=1S/C7H11N3/c1-9-6-4-2-3-5-7(6)10-8/h2,4H,3,5,8H2,1H3. The lowest BCUT2D eigenvalue weighted by molar-refractivity contribution is 1.07. The van der Waals surface area contributed by atoms with Crippen LogP contribution in [0.4, 0.5) is 0 Å². The molecule has 0 fully saturated rings. The molecule has 0 bridgehead atoms. The largest absolute Gasteiger partial charge is 0.323 e. The highest BCUT2D eigenvalue weighted by atomic mass is 15.1. The van der Waals surface area contributed by atoms with E-state index >= 15 is 0 Å². The van der Waals surface area contributed by atoms with E-state index in [2.05, 4.69) is 16.2 Å². The molecule has 54 valence electrons. The molecule has 2 N–H and O–H groups in total. The van der Waals surface area contributed by atoms with Gasteiger partial charge in [-0.2, -0.15) is 5.10 Å². The van der Waals surface area contributed by atoms with Crippen molar-refractivity contribution >= 4 is 11.4 Å². The Kier molecular flexibility index (Phi) is 2.20. The first-order valence-corrected chi connectivity index (χ1v) is 3.29. The van der Waals surface area contributed by atoms with Crippen molar-refractivity contribution in [3.05, 3.63) is 12.2 Å². The Bertz CT molecular complexity index is 201. The summed E-state index contributed by atoms with van der Waals surface area (Å²) in [5.41, 5.74) is 1.82. The van der Waals surface area contributed by atoms with Gasteiger partial charge in [-0.15, -0.1) is 0 Å². The summed E-state index contributed by atoms with van der Waals surface area (Å²) in [5, 5.41) is 3.63. The first-order valence-electron chi connectivity index (χ1n) is 3.29. The molecule has 3 heteroatoms. The minimum Gasteiger partial charge on any atom is -0.323 e. The van der Waals surface area contributed by atoms with Gasteiger partial charge in [-0.3, -0.25) is 4.99 Å². The number of aliphatic imine (C=N–C) groups is 1. The Morgan fingerprint density at radius 2 is 2.40 bits per heavy atom. The van der Waals surface area contributed by atoms with E-state index in [1.165, 1.54) is 0 Å². The van der Waals surface area contributed by atoms with Gasteiger partial charge in [0.25, 0.3) is 0 Å². The average molecular weight is 137 g/mol. The zero-order valence-corrected chi connectivity index (χ0v) is 6.04. The Balaban J connectivity index is 2.86. The maximum atomic E-state index is 5.14. The van der Waals surface area contributed by atoms with E-state index in [0.29, 0.717) is 0 Å². The molecule has 0 amide bonds. The lowest BCUT2D eigenvalue weighted by Crippen LogP contribution is -2.16. The third kappa shape index (κ3) is 1.23. The highest BCUT2D eigenvalue weighted by molar-refractivity contribution is 6.47. The topological polar surface area (TPSA) is 50.7 Å². The van der Waals surface area contributed by atoms with Gasteiger partial charge >= 0.3 is 0 Å². The van der Waals surface area contributed by atoms with Crippen LogP contribution in [0.25, 0.3) is 0 Å². The molecule has 0 radical (unpaired) electrons. The second-order valence-electron chi connectivity index (χ2n) is 2.13. The van der Waals surface area contributed by atoms with Crippen LogP contribution in [0.15, 0.2) is 22.2 Å². The van der Waals surface area contributed by atoms with Crippen LogP contribution in [0.1, 0.15) is 12.8 Å². The Morgan fingerprint density at radius 1 is 1.60 bits per heavy atom. The first kappa shape index (κ1) is 6.99. The van der Waals surface area contributed by atoms with E-state index in [-0.39, 0.29) is 0 Å². The molecule has 0 unspecified atom stereocenters. The van der Waals surface area contributed by atoms with Crippen LogP contribution in [0.3, 0.4) is 0 Å². The van der Waals surface area contributed by atoms with Gasteiger partial charge in [0.05, 0.1) is 11.4 Å². The van der Waals surface area contributed by atoms with Crippen molar-refractivity contribution in [1.82, 2.24) is 0 Å². The summed E-state index contributed by atoms with van der Waals surface area (Å²) in [4.78, 5) is 4.02. The SMILES string of the molecule is CN=C1C=CCCC1=NN. The number of rotatable bonds is 0. The zero-order chi connectivity index (χ0) is 7.40. The molecule has 0 saturated heterocycles. The molecule has 0 heterocycles. The Labute approximate surface area is 60.3 Å². The minimum atomic E-state index is 0.907. The van der Waals surface area contributed by atoms with E-state index in [0.717, 1.165) is 24.3 Å². The quantitative estimate of drug-likeness (QED) is 0.388. The summed E-state index contributed by atoms with van der Waals surface area (Å²) in [6.45, 7) is 0. The summed E-state index contributed by atoms with van der Waals surface area (Å²) in [5.74, 6) is 5.14. The Morgan fingerprint density at radius 3 is 2.90 bits per heavy atom. The number of allylic oxidation sites excluding steroid dienone is 2. The van der Waals surface area contributed by atoms with Crippen molar-refractivity contribution < 1.29 is 0 Å². The fraction of sp³-hybridized carbons (Fsp3) is 0.429.